The van der Waals surface area contributed by atoms with Gasteiger partial charge >= 0.3 is 5.97 Å². The molecule has 0 fully saturated rings. The maximum atomic E-state index is 11.8. The van der Waals surface area contributed by atoms with Crippen LogP contribution in [0.4, 0.5) is 5.82 Å². The quantitative estimate of drug-likeness (QED) is 0.558. The number of pyridine rings is 1. The molecule has 8 nitrogen and oxygen atoms in total. The first kappa shape index (κ1) is 18.5. The van der Waals surface area contributed by atoms with Crippen LogP contribution < -0.4 is 5.73 Å². The third kappa shape index (κ3) is 4.46. The van der Waals surface area contributed by atoms with Gasteiger partial charge in [-0.1, -0.05) is 42.8 Å². The zero-order valence-electron chi connectivity index (χ0n) is 15.0. The van der Waals surface area contributed by atoms with Crippen molar-refractivity contribution in [2.75, 3.05) is 5.73 Å². The standard InChI is InChI=1S/C19H22N6O2/c1-2-4-15(19(26)27)16(18-22-24-25-23-18)10-12-5-3-6-13(9-12)14-7-8-17(20)21-11-14/h3,5-9,11,15-16H,2,4,10H2,1H3,(H2,20,21)(H,26,27)(H,22,23,24,25)/t15-,16-/m0/s1. The lowest BCUT2D eigenvalue weighted by molar-refractivity contribution is -0.142. The van der Waals surface area contributed by atoms with Crippen molar-refractivity contribution in [1.29, 1.82) is 0 Å². The van der Waals surface area contributed by atoms with Gasteiger partial charge in [0.15, 0.2) is 5.82 Å². The SMILES string of the molecule is CCC[C@H](C(=O)O)[C@H](Cc1cccc(-c2ccc(N)nc2)c1)c1nn[nH]n1. The van der Waals surface area contributed by atoms with Gasteiger partial charge in [0.05, 0.1) is 5.92 Å². The molecule has 2 aromatic heterocycles. The second kappa shape index (κ2) is 8.39. The number of hydrogen-bond donors (Lipinski definition) is 3. The van der Waals surface area contributed by atoms with Crippen LogP contribution in [0.15, 0.2) is 42.6 Å². The van der Waals surface area contributed by atoms with Gasteiger partial charge in [-0.15, -0.1) is 10.2 Å². The van der Waals surface area contributed by atoms with Crippen molar-refractivity contribution in [2.45, 2.75) is 32.1 Å². The van der Waals surface area contributed by atoms with E-state index in [9.17, 15) is 9.90 Å². The number of H-pyrrole nitrogens is 1. The van der Waals surface area contributed by atoms with Gasteiger partial charge in [0.25, 0.3) is 0 Å². The van der Waals surface area contributed by atoms with E-state index in [2.05, 4.69) is 25.6 Å². The van der Waals surface area contributed by atoms with Gasteiger partial charge in [0.2, 0.25) is 0 Å². The lowest BCUT2D eigenvalue weighted by atomic mass is 9.83. The number of carboxylic acid groups (broad SMARTS) is 1. The highest BCUT2D eigenvalue weighted by Crippen LogP contribution is 2.31. The number of benzene rings is 1. The van der Waals surface area contributed by atoms with Crippen LogP contribution in [0, 0.1) is 5.92 Å². The second-order valence-electron chi connectivity index (χ2n) is 6.49. The molecule has 0 radical (unpaired) electrons. The Kier molecular flexibility index (Phi) is 5.75. The van der Waals surface area contributed by atoms with E-state index in [4.69, 9.17) is 5.73 Å². The molecule has 0 spiro atoms. The molecule has 3 rings (SSSR count). The van der Waals surface area contributed by atoms with E-state index in [1.54, 1.807) is 12.3 Å². The summed E-state index contributed by atoms with van der Waals surface area (Å²) in [5.74, 6) is -0.882. The average molecular weight is 366 g/mol. The van der Waals surface area contributed by atoms with E-state index in [-0.39, 0.29) is 5.92 Å². The first-order chi connectivity index (χ1) is 13.1. The summed E-state index contributed by atoms with van der Waals surface area (Å²) in [6.07, 6.45) is 3.55. The Balaban J connectivity index is 1.91. The predicted octanol–water partition coefficient (Wildman–Crippen LogP) is 2.67. The number of nitrogens with zero attached hydrogens (tertiary/aromatic N) is 4. The summed E-state index contributed by atoms with van der Waals surface area (Å²) in [6.45, 7) is 1.97. The van der Waals surface area contributed by atoms with Gasteiger partial charge in [-0.3, -0.25) is 4.79 Å². The van der Waals surface area contributed by atoms with Crippen LogP contribution in [-0.4, -0.2) is 36.7 Å². The predicted molar refractivity (Wildman–Crippen MR) is 101 cm³/mol. The molecule has 1 aromatic carbocycles. The van der Waals surface area contributed by atoms with Crippen molar-refractivity contribution in [3.8, 4) is 11.1 Å². The van der Waals surface area contributed by atoms with E-state index >= 15 is 0 Å². The molecule has 0 bridgehead atoms. The molecule has 8 heteroatoms. The molecule has 0 aliphatic heterocycles. The number of aromatic nitrogens is 5. The first-order valence-corrected chi connectivity index (χ1v) is 8.85. The van der Waals surface area contributed by atoms with Crippen molar-refractivity contribution in [3.63, 3.8) is 0 Å². The number of rotatable bonds is 8. The lowest BCUT2D eigenvalue weighted by Crippen LogP contribution is -2.25. The minimum atomic E-state index is -0.842. The summed E-state index contributed by atoms with van der Waals surface area (Å²) < 4.78 is 0. The van der Waals surface area contributed by atoms with Crippen LogP contribution in [0.1, 0.15) is 37.1 Å². The minimum absolute atomic E-state index is 0.360. The number of carboxylic acids is 1. The Labute approximate surface area is 156 Å². The van der Waals surface area contributed by atoms with Crippen LogP contribution in [0.25, 0.3) is 11.1 Å². The third-order valence-corrected chi connectivity index (χ3v) is 4.60. The number of aromatic amines is 1. The van der Waals surface area contributed by atoms with E-state index in [1.807, 2.05) is 37.3 Å². The number of nitrogens with two attached hydrogens (primary N) is 1. The Hall–Kier alpha value is -3.29. The van der Waals surface area contributed by atoms with Crippen molar-refractivity contribution in [2.24, 2.45) is 5.92 Å². The zero-order valence-corrected chi connectivity index (χ0v) is 15.0. The van der Waals surface area contributed by atoms with Crippen molar-refractivity contribution >= 4 is 11.8 Å². The molecule has 27 heavy (non-hydrogen) atoms. The molecule has 3 aromatic rings. The van der Waals surface area contributed by atoms with Crippen LogP contribution >= 0.6 is 0 Å². The van der Waals surface area contributed by atoms with Gasteiger partial charge in [-0.25, -0.2) is 4.98 Å². The molecule has 0 amide bonds. The largest absolute Gasteiger partial charge is 0.481 e. The Bertz CT molecular complexity index is 879. The van der Waals surface area contributed by atoms with Crippen molar-refractivity contribution < 1.29 is 9.90 Å². The van der Waals surface area contributed by atoms with Crippen LogP contribution in [0.2, 0.25) is 0 Å². The number of aliphatic carboxylic acids is 1. The number of nitrogen functional groups attached to an aromatic ring is 1. The molecule has 0 aliphatic carbocycles. The monoisotopic (exact) mass is 366 g/mol. The summed E-state index contributed by atoms with van der Waals surface area (Å²) in [7, 11) is 0. The number of nitrogens with one attached hydrogen (secondary N) is 1. The molecule has 2 heterocycles. The maximum Gasteiger partial charge on any atom is 0.307 e. The minimum Gasteiger partial charge on any atom is -0.481 e. The van der Waals surface area contributed by atoms with Crippen LogP contribution in [-0.2, 0) is 11.2 Å². The second-order valence-corrected chi connectivity index (χ2v) is 6.49. The first-order valence-electron chi connectivity index (χ1n) is 8.85. The number of anilines is 1. The molecule has 0 saturated heterocycles. The van der Waals surface area contributed by atoms with E-state index < -0.39 is 11.9 Å². The van der Waals surface area contributed by atoms with E-state index in [1.165, 1.54) is 0 Å². The number of tetrazole rings is 1. The smallest absolute Gasteiger partial charge is 0.307 e. The average Bonchev–Trinajstić information content (AvgIpc) is 3.20. The Morgan fingerprint density at radius 2 is 2.11 bits per heavy atom. The molecule has 0 unspecified atom stereocenters. The summed E-state index contributed by atoms with van der Waals surface area (Å²) in [5.41, 5.74) is 8.60. The zero-order chi connectivity index (χ0) is 19.2. The highest BCUT2D eigenvalue weighted by atomic mass is 16.4. The Morgan fingerprint density at radius 1 is 1.26 bits per heavy atom. The van der Waals surface area contributed by atoms with E-state index in [0.717, 1.165) is 23.1 Å². The summed E-state index contributed by atoms with van der Waals surface area (Å²) in [4.78, 5) is 16.0. The summed E-state index contributed by atoms with van der Waals surface area (Å²) in [6, 6.07) is 11.6. The van der Waals surface area contributed by atoms with Crippen LogP contribution in [0.5, 0.6) is 0 Å². The van der Waals surface area contributed by atoms with Gasteiger partial charge < -0.3 is 10.8 Å². The molecule has 140 valence electrons. The molecular formula is C19H22N6O2. The fourth-order valence-electron chi connectivity index (χ4n) is 3.26. The molecular weight excluding hydrogens is 344 g/mol. The normalized spacial score (nSPS) is 13.2. The van der Waals surface area contributed by atoms with E-state index in [0.29, 0.717) is 24.5 Å². The highest BCUT2D eigenvalue weighted by Gasteiger charge is 2.32. The van der Waals surface area contributed by atoms with Gasteiger partial charge in [0.1, 0.15) is 5.82 Å². The van der Waals surface area contributed by atoms with Crippen LogP contribution in [0.3, 0.4) is 0 Å². The topological polar surface area (TPSA) is 131 Å². The Morgan fingerprint density at radius 3 is 2.74 bits per heavy atom. The van der Waals surface area contributed by atoms with Gasteiger partial charge in [-0.05, 0) is 36.1 Å². The lowest BCUT2D eigenvalue weighted by Gasteiger charge is -2.21. The molecule has 0 saturated carbocycles. The fraction of sp³-hybridized carbons (Fsp3) is 0.316. The van der Waals surface area contributed by atoms with Gasteiger partial charge in [0, 0.05) is 17.7 Å². The summed E-state index contributed by atoms with van der Waals surface area (Å²) >= 11 is 0. The number of hydrogen-bond acceptors (Lipinski definition) is 6. The van der Waals surface area contributed by atoms with Crippen molar-refractivity contribution in [1.82, 2.24) is 25.6 Å². The summed E-state index contributed by atoms with van der Waals surface area (Å²) in [5, 5.41) is 23.9. The van der Waals surface area contributed by atoms with Crippen molar-refractivity contribution in [3.05, 3.63) is 54.0 Å². The fourth-order valence-corrected chi connectivity index (χ4v) is 3.26. The molecule has 2 atom stereocenters. The molecule has 0 aliphatic rings. The maximum absolute atomic E-state index is 11.8. The van der Waals surface area contributed by atoms with Gasteiger partial charge in [-0.2, -0.15) is 5.21 Å². The highest BCUT2D eigenvalue weighted by molar-refractivity contribution is 5.71. The number of carbonyl (C=O) groups is 1. The third-order valence-electron chi connectivity index (χ3n) is 4.60. The molecule has 4 N–H and O–H groups in total.